The van der Waals surface area contributed by atoms with Crippen LogP contribution in [0, 0.1) is 5.92 Å². The molecular weight excluding hydrogens is 276 g/mol. The molecule has 1 aromatic carbocycles. The molecule has 0 N–H and O–H groups in total. The first-order valence-electron chi connectivity index (χ1n) is 6.74. The fourth-order valence-electron chi connectivity index (χ4n) is 2.86. The van der Waals surface area contributed by atoms with E-state index in [1.807, 2.05) is 19.1 Å². The van der Waals surface area contributed by atoms with Crippen molar-refractivity contribution in [2.45, 2.75) is 38.0 Å². The maximum Gasteiger partial charge on any atom is 0.154 e. The van der Waals surface area contributed by atoms with Crippen LogP contribution in [0.25, 0.3) is 0 Å². The van der Waals surface area contributed by atoms with E-state index in [0.29, 0.717) is 18.6 Å². The van der Waals surface area contributed by atoms with Crippen molar-refractivity contribution >= 4 is 15.6 Å². The Bertz CT molecular complexity index is 606. The van der Waals surface area contributed by atoms with E-state index in [4.69, 9.17) is 4.74 Å². The number of benzene rings is 1. The standard InChI is InChI=1S/C15H20O4S/c1-10(16)8-9-13-11(2)15(20(3,17)18)12-6-4-5-7-14(12)19-13/h4-7,11,13,15H,8-9H2,1-3H3/t11-,13+,15?/m1/s1. The highest BCUT2D eigenvalue weighted by molar-refractivity contribution is 7.91. The second kappa shape index (κ2) is 5.56. The molecule has 0 saturated heterocycles. The van der Waals surface area contributed by atoms with Gasteiger partial charge in [0.2, 0.25) is 0 Å². The van der Waals surface area contributed by atoms with E-state index in [-0.39, 0.29) is 17.8 Å². The first-order valence-corrected chi connectivity index (χ1v) is 8.70. The predicted molar refractivity (Wildman–Crippen MR) is 77.5 cm³/mol. The summed E-state index contributed by atoms with van der Waals surface area (Å²) in [6.07, 6.45) is 1.98. The normalized spacial score (nSPS) is 25.6. The minimum absolute atomic E-state index is 0.0931. The SMILES string of the molecule is CC(=O)CC[C@@H]1Oc2ccccc2C(S(C)(=O)=O)[C@@H]1C. The Balaban J connectivity index is 2.38. The van der Waals surface area contributed by atoms with E-state index in [1.54, 1.807) is 12.1 Å². The summed E-state index contributed by atoms with van der Waals surface area (Å²) in [6, 6.07) is 7.25. The number of sulfone groups is 1. The molecule has 0 spiro atoms. The molecule has 1 heterocycles. The second-order valence-electron chi connectivity index (χ2n) is 5.54. The van der Waals surface area contributed by atoms with Crippen molar-refractivity contribution < 1.29 is 17.9 Å². The van der Waals surface area contributed by atoms with Crippen molar-refractivity contribution in [3.05, 3.63) is 29.8 Å². The fourth-order valence-corrected chi connectivity index (χ4v) is 4.47. The Kier molecular flexibility index (Phi) is 4.18. The van der Waals surface area contributed by atoms with Gasteiger partial charge in [-0.05, 0) is 19.4 Å². The highest BCUT2D eigenvalue weighted by Gasteiger charge is 2.40. The number of para-hydroxylation sites is 1. The summed E-state index contributed by atoms with van der Waals surface area (Å²) in [5, 5.41) is -0.565. The van der Waals surface area contributed by atoms with Crippen LogP contribution in [0.4, 0.5) is 0 Å². The molecule has 0 amide bonds. The Morgan fingerprint density at radius 3 is 2.55 bits per heavy atom. The molecule has 0 aromatic heterocycles. The minimum atomic E-state index is -3.22. The quantitative estimate of drug-likeness (QED) is 0.856. The van der Waals surface area contributed by atoms with E-state index in [2.05, 4.69) is 0 Å². The number of ketones is 1. The highest BCUT2D eigenvalue weighted by Crippen LogP contribution is 2.43. The van der Waals surface area contributed by atoms with E-state index < -0.39 is 15.1 Å². The van der Waals surface area contributed by atoms with Crippen molar-refractivity contribution in [2.75, 3.05) is 6.26 Å². The topological polar surface area (TPSA) is 60.4 Å². The first kappa shape index (κ1) is 15.0. The average Bonchev–Trinajstić information content (AvgIpc) is 2.34. The molecule has 1 aliphatic heterocycles. The van der Waals surface area contributed by atoms with Crippen LogP contribution in [0.5, 0.6) is 5.75 Å². The summed E-state index contributed by atoms with van der Waals surface area (Å²) in [7, 11) is -3.22. The third-order valence-corrected chi connectivity index (χ3v) is 5.42. The molecule has 1 aromatic rings. The van der Waals surface area contributed by atoms with Crippen LogP contribution in [0.1, 0.15) is 37.5 Å². The predicted octanol–water partition coefficient (Wildman–Crippen LogP) is 2.54. The van der Waals surface area contributed by atoms with Gasteiger partial charge in [0.15, 0.2) is 9.84 Å². The van der Waals surface area contributed by atoms with Crippen LogP contribution in [-0.4, -0.2) is 26.6 Å². The summed E-state index contributed by atoms with van der Waals surface area (Å²) < 4.78 is 30.1. The molecule has 1 aliphatic rings. The van der Waals surface area contributed by atoms with Gasteiger partial charge in [-0.3, -0.25) is 0 Å². The number of Topliss-reactive ketones (excluding diaryl/α,β-unsaturated/α-hetero) is 1. The van der Waals surface area contributed by atoms with Gasteiger partial charge in [-0.25, -0.2) is 8.42 Å². The molecule has 3 atom stereocenters. The van der Waals surface area contributed by atoms with Crippen LogP contribution in [0.15, 0.2) is 24.3 Å². The number of rotatable bonds is 4. The molecule has 110 valence electrons. The summed E-state index contributed by atoms with van der Waals surface area (Å²) >= 11 is 0. The number of carbonyl (C=O) groups is 1. The van der Waals surface area contributed by atoms with Gasteiger partial charge in [-0.1, -0.05) is 25.1 Å². The molecule has 2 rings (SSSR count). The Morgan fingerprint density at radius 2 is 1.95 bits per heavy atom. The van der Waals surface area contributed by atoms with Crippen LogP contribution < -0.4 is 4.74 Å². The molecule has 0 aliphatic carbocycles. The molecule has 0 saturated carbocycles. The monoisotopic (exact) mass is 296 g/mol. The molecule has 5 heteroatoms. The third-order valence-electron chi connectivity index (χ3n) is 3.81. The summed E-state index contributed by atoms with van der Waals surface area (Å²) in [5.74, 6) is 0.546. The van der Waals surface area contributed by atoms with Crippen LogP contribution >= 0.6 is 0 Å². The molecular formula is C15H20O4S. The smallest absolute Gasteiger partial charge is 0.154 e. The molecule has 1 unspecified atom stereocenters. The molecule has 0 fully saturated rings. The molecule has 20 heavy (non-hydrogen) atoms. The van der Waals surface area contributed by atoms with E-state index in [9.17, 15) is 13.2 Å². The molecule has 0 radical (unpaired) electrons. The lowest BCUT2D eigenvalue weighted by atomic mass is 9.89. The third kappa shape index (κ3) is 3.03. The van der Waals surface area contributed by atoms with Crippen molar-refractivity contribution in [1.29, 1.82) is 0 Å². The lowest BCUT2D eigenvalue weighted by Crippen LogP contribution is -2.37. The summed E-state index contributed by atoms with van der Waals surface area (Å²) in [6.45, 7) is 3.42. The zero-order valence-corrected chi connectivity index (χ0v) is 12.8. The van der Waals surface area contributed by atoms with E-state index in [1.165, 1.54) is 13.2 Å². The molecule has 4 nitrogen and oxygen atoms in total. The largest absolute Gasteiger partial charge is 0.490 e. The minimum Gasteiger partial charge on any atom is -0.490 e. The number of hydrogen-bond acceptors (Lipinski definition) is 4. The average molecular weight is 296 g/mol. The van der Waals surface area contributed by atoms with Gasteiger partial charge in [-0.2, -0.15) is 0 Å². The Hall–Kier alpha value is -1.36. The highest BCUT2D eigenvalue weighted by atomic mass is 32.2. The number of ether oxygens (including phenoxy) is 1. The lowest BCUT2D eigenvalue weighted by Gasteiger charge is -2.37. The Morgan fingerprint density at radius 1 is 1.30 bits per heavy atom. The van der Waals surface area contributed by atoms with Gasteiger partial charge in [0.1, 0.15) is 17.6 Å². The van der Waals surface area contributed by atoms with E-state index in [0.717, 1.165) is 5.56 Å². The number of hydrogen-bond donors (Lipinski definition) is 0. The van der Waals surface area contributed by atoms with Gasteiger partial charge in [0.25, 0.3) is 0 Å². The fraction of sp³-hybridized carbons (Fsp3) is 0.533. The maximum absolute atomic E-state index is 12.1. The van der Waals surface area contributed by atoms with Crippen molar-refractivity contribution in [1.82, 2.24) is 0 Å². The van der Waals surface area contributed by atoms with Gasteiger partial charge in [0, 0.05) is 24.2 Å². The zero-order chi connectivity index (χ0) is 14.9. The van der Waals surface area contributed by atoms with Crippen LogP contribution in [-0.2, 0) is 14.6 Å². The van der Waals surface area contributed by atoms with Gasteiger partial charge < -0.3 is 9.53 Å². The van der Waals surface area contributed by atoms with Gasteiger partial charge >= 0.3 is 0 Å². The second-order valence-corrected chi connectivity index (χ2v) is 7.71. The zero-order valence-electron chi connectivity index (χ0n) is 12.0. The summed E-state index contributed by atoms with van der Waals surface area (Å²) in [4.78, 5) is 11.1. The summed E-state index contributed by atoms with van der Waals surface area (Å²) in [5.41, 5.74) is 0.724. The van der Waals surface area contributed by atoms with Crippen LogP contribution in [0.3, 0.4) is 0 Å². The van der Waals surface area contributed by atoms with E-state index >= 15 is 0 Å². The maximum atomic E-state index is 12.1. The van der Waals surface area contributed by atoms with Crippen molar-refractivity contribution in [3.63, 3.8) is 0 Å². The van der Waals surface area contributed by atoms with Crippen LogP contribution in [0.2, 0.25) is 0 Å². The molecule has 0 bridgehead atoms. The number of fused-ring (bicyclic) bond motifs is 1. The first-order chi connectivity index (χ1) is 9.30. The van der Waals surface area contributed by atoms with Crippen molar-refractivity contribution in [2.24, 2.45) is 5.92 Å². The van der Waals surface area contributed by atoms with Crippen molar-refractivity contribution in [3.8, 4) is 5.75 Å². The Labute approximate surface area is 120 Å². The van der Waals surface area contributed by atoms with Gasteiger partial charge in [-0.15, -0.1) is 0 Å². The van der Waals surface area contributed by atoms with Gasteiger partial charge in [0.05, 0.1) is 5.25 Å². The lowest BCUT2D eigenvalue weighted by molar-refractivity contribution is -0.117. The number of carbonyl (C=O) groups excluding carboxylic acids is 1.